The van der Waals surface area contributed by atoms with Crippen LogP contribution in [-0.2, 0) is 9.59 Å². The first-order valence-corrected chi connectivity index (χ1v) is 11.4. The fourth-order valence-corrected chi connectivity index (χ4v) is 4.94. The van der Waals surface area contributed by atoms with Gasteiger partial charge in [-0.15, -0.1) is 11.3 Å². The molecule has 8 heteroatoms. The Labute approximate surface area is 183 Å². The van der Waals surface area contributed by atoms with Gasteiger partial charge in [-0.1, -0.05) is 54.1 Å². The van der Waals surface area contributed by atoms with Gasteiger partial charge in [0, 0.05) is 28.6 Å². The second kappa shape index (κ2) is 10.2. The molecule has 0 spiro atoms. The molecule has 1 fully saturated rings. The fourth-order valence-electron chi connectivity index (χ4n) is 2.72. The predicted octanol–water partition coefficient (Wildman–Crippen LogP) is 5.80. The maximum atomic E-state index is 12.5. The van der Waals surface area contributed by atoms with Gasteiger partial charge >= 0.3 is 0 Å². The number of halogens is 1. The third-order valence-electron chi connectivity index (χ3n) is 4.08. The molecule has 1 aromatic heterocycles. The van der Waals surface area contributed by atoms with Crippen molar-refractivity contribution in [1.82, 2.24) is 4.90 Å². The van der Waals surface area contributed by atoms with Gasteiger partial charge < -0.3 is 5.32 Å². The van der Waals surface area contributed by atoms with Crippen LogP contribution < -0.4 is 5.32 Å². The lowest BCUT2D eigenvalue weighted by atomic mass is 10.1. The van der Waals surface area contributed by atoms with Gasteiger partial charge in [0.1, 0.15) is 4.32 Å². The van der Waals surface area contributed by atoms with E-state index in [0.717, 1.165) is 24.1 Å². The molecular formula is C20H19ClN2O2S3. The van der Waals surface area contributed by atoms with E-state index in [1.165, 1.54) is 11.8 Å². The number of hydrogen-bond donors (Lipinski definition) is 1. The van der Waals surface area contributed by atoms with E-state index in [-0.39, 0.29) is 11.8 Å². The number of thiocarbonyl (C=S) groups is 1. The summed E-state index contributed by atoms with van der Waals surface area (Å²) in [5, 5.41) is 5.41. The van der Waals surface area contributed by atoms with Crippen LogP contribution in [0.4, 0.5) is 5.69 Å². The number of nitrogens with one attached hydrogen (secondary N) is 1. The Balaban J connectivity index is 1.38. The molecule has 28 heavy (non-hydrogen) atoms. The zero-order valence-corrected chi connectivity index (χ0v) is 18.2. The molecule has 1 N–H and O–H groups in total. The van der Waals surface area contributed by atoms with E-state index in [1.54, 1.807) is 34.4 Å². The Morgan fingerprint density at radius 1 is 1.21 bits per heavy atom. The van der Waals surface area contributed by atoms with Crippen LogP contribution in [0.25, 0.3) is 6.08 Å². The molecule has 1 aliphatic heterocycles. The normalized spacial score (nSPS) is 15.5. The first kappa shape index (κ1) is 21.0. The molecule has 0 saturated carbocycles. The zero-order chi connectivity index (χ0) is 19.9. The number of anilines is 1. The summed E-state index contributed by atoms with van der Waals surface area (Å²) < 4.78 is 0.603. The van der Waals surface area contributed by atoms with Gasteiger partial charge in [-0.05, 0) is 48.6 Å². The first-order chi connectivity index (χ1) is 13.5. The minimum Gasteiger partial charge on any atom is -0.326 e. The van der Waals surface area contributed by atoms with Crippen molar-refractivity contribution >= 4 is 74.8 Å². The van der Waals surface area contributed by atoms with Gasteiger partial charge in [-0.3, -0.25) is 14.5 Å². The second-order valence-corrected chi connectivity index (χ2v) is 9.31. The number of carbonyl (C=O) groups is 2. The summed E-state index contributed by atoms with van der Waals surface area (Å²) in [6.45, 7) is 0.586. The standard InChI is InChI=1S/C20H19ClN2O2S3/c21-14-6-4-7-15(12-14)22-18(24)9-2-1-3-10-23-19(25)17(28-20(23)26)13-16-8-5-11-27-16/h4-8,11-13H,1-3,9-10H2,(H,22,24). The van der Waals surface area contributed by atoms with Gasteiger partial charge in [0.15, 0.2) is 0 Å². The number of thioether (sulfide) groups is 1. The third kappa shape index (κ3) is 5.91. The highest BCUT2D eigenvalue weighted by atomic mass is 35.5. The predicted molar refractivity (Wildman–Crippen MR) is 123 cm³/mol. The Morgan fingerprint density at radius 2 is 2.07 bits per heavy atom. The highest BCUT2D eigenvalue weighted by Gasteiger charge is 2.31. The summed E-state index contributed by atoms with van der Waals surface area (Å²) in [5.74, 6) is -0.0612. The third-order valence-corrected chi connectivity index (χ3v) is 6.52. The van der Waals surface area contributed by atoms with Crippen LogP contribution in [0.2, 0.25) is 5.02 Å². The summed E-state index contributed by atoms with van der Waals surface area (Å²) in [6.07, 6.45) is 4.74. The molecule has 146 valence electrons. The fraction of sp³-hybridized carbons (Fsp3) is 0.250. The Hall–Kier alpha value is -1.67. The van der Waals surface area contributed by atoms with E-state index in [1.807, 2.05) is 29.7 Å². The molecule has 2 heterocycles. The summed E-state index contributed by atoms with van der Waals surface area (Å²) in [6, 6.07) is 11.0. The highest BCUT2D eigenvalue weighted by molar-refractivity contribution is 8.26. The lowest BCUT2D eigenvalue weighted by Crippen LogP contribution is -2.29. The van der Waals surface area contributed by atoms with Crippen LogP contribution in [0.15, 0.2) is 46.7 Å². The average Bonchev–Trinajstić information content (AvgIpc) is 3.25. The van der Waals surface area contributed by atoms with Crippen LogP contribution in [0.3, 0.4) is 0 Å². The molecule has 0 aliphatic carbocycles. The average molecular weight is 451 g/mol. The second-order valence-electron chi connectivity index (χ2n) is 6.22. The van der Waals surface area contributed by atoms with Crippen LogP contribution in [0, 0.1) is 0 Å². The Morgan fingerprint density at radius 3 is 2.82 bits per heavy atom. The molecule has 0 atom stereocenters. The molecular weight excluding hydrogens is 432 g/mol. The number of hydrogen-bond acceptors (Lipinski definition) is 5. The molecule has 1 saturated heterocycles. The molecule has 4 nitrogen and oxygen atoms in total. The number of rotatable bonds is 8. The van der Waals surface area contributed by atoms with Crippen LogP contribution in [-0.4, -0.2) is 27.6 Å². The molecule has 1 aromatic carbocycles. The highest BCUT2D eigenvalue weighted by Crippen LogP contribution is 2.33. The van der Waals surface area contributed by atoms with E-state index in [2.05, 4.69) is 5.32 Å². The Kier molecular flexibility index (Phi) is 7.67. The number of carbonyl (C=O) groups excluding carboxylic acids is 2. The largest absolute Gasteiger partial charge is 0.326 e. The number of unbranched alkanes of at least 4 members (excludes halogenated alkanes) is 2. The molecule has 0 bridgehead atoms. The Bertz CT molecular complexity index is 897. The lowest BCUT2D eigenvalue weighted by Gasteiger charge is -2.14. The molecule has 0 radical (unpaired) electrons. The van der Waals surface area contributed by atoms with Gasteiger partial charge in [-0.2, -0.15) is 0 Å². The maximum absolute atomic E-state index is 12.5. The van der Waals surface area contributed by atoms with E-state index in [0.29, 0.717) is 32.9 Å². The molecule has 0 unspecified atom stereocenters. The van der Waals surface area contributed by atoms with Crippen molar-refractivity contribution < 1.29 is 9.59 Å². The van der Waals surface area contributed by atoms with Gasteiger partial charge in [-0.25, -0.2) is 0 Å². The van der Waals surface area contributed by atoms with E-state index < -0.39 is 0 Å². The van der Waals surface area contributed by atoms with Gasteiger partial charge in [0.05, 0.1) is 4.91 Å². The van der Waals surface area contributed by atoms with E-state index in [9.17, 15) is 9.59 Å². The van der Waals surface area contributed by atoms with E-state index >= 15 is 0 Å². The monoisotopic (exact) mass is 450 g/mol. The van der Waals surface area contributed by atoms with Crippen molar-refractivity contribution in [2.45, 2.75) is 25.7 Å². The van der Waals surface area contributed by atoms with Crippen LogP contribution in [0.1, 0.15) is 30.6 Å². The zero-order valence-electron chi connectivity index (χ0n) is 15.0. The first-order valence-electron chi connectivity index (χ1n) is 8.87. The number of thiophene rings is 1. The minimum absolute atomic E-state index is 0.0258. The van der Waals surface area contributed by atoms with Gasteiger partial charge in [0.2, 0.25) is 5.91 Å². The minimum atomic E-state index is -0.0354. The summed E-state index contributed by atoms with van der Waals surface area (Å²) in [4.78, 5) is 27.9. The summed E-state index contributed by atoms with van der Waals surface area (Å²) in [7, 11) is 0. The van der Waals surface area contributed by atoms with Crippen LogP contribution >= 0.6 is 46.9 Å². The topological polar surface area (TPSA) is 49.4 Å². The number of nitrogens with zero attached hydrogens (tertiary/aromatic N) is 1. The van der Waals surface area contributed by atoms with Crippen molar-refractivity contribution in [1.29, 1.82) is 0 Å². The molecule has 2 amide bonds. The smallest absolute Gasteiger partial charge is 0.266 e. The van der Waals surface area contributed by atoms with Crippen molar-refractivity contribution in [3.05, 3.63) is 56.6 Å². The van der Waals surface area contributed by atoms with Crippen molar-refractivity contribution in [2.24, 2.45) is 0 Å². The van der Waals surface area contributed by atoms with Crippen molar-refractivity contribution in [3.63, 3.8) is 0 Å². The van der Waals surface area contributed by atoms with Crippen LogP contribution in [0.5, 0.6) is 0 Å². The van der Waals surface area contributed by atoms with Crippen molar-refractivity contribution in [2.75, 3.05) is 11.9 Å². The number of benzene rings is 1. The van der Waals surface area contributed by atoms with Crippen molar-refractivity contribution in [3.8, 4) is 0 Å². The SMILES string of the molecule is O=C(CCCCCN1C(=O)C(=Cc2cccs2)SC1=S)Nc1cccc(Cl)c1. The van der Waals surface area contributed by atoms with E-state index in [4.69, 9.17) is 23.8 Å². The molecule has 2 aromatic rings. The van der Waals surface area contributed by atoms with Gasteiger partial charge in [0.25, 0.3) is 5.91 Å². The number of amides is 2. The molecule has 1 aliphatic rings. The molecule has 3 rings (SSSR count). The lowest BCUT2D eigenvalue weighted by molar-refractivity contribution is -0.122. The quantitative estimate of drug-likeness (QED) is 0.313. The summed E-state index contributed by atoms with van der Waals surface area (Å²) >= 11 is 14.2. The maximum Gasteiger partial charge on any atom is 0.266 e. The summed E-state index contributed by atoms with van der Waals surface area (Å²) in [5.41, 5.74) is 0.701.